The highest BCUT2D eigenvalue weighted by atomic mass is 16.4. The number of carboxylic acid groups (broad SMARTS) is 1. The molecule has 2 aromatic carbocycles. The Morgan fingerprint density at radius 3 is 2.79 bits per heavy atom. The van der Waals surface area contributed by atoms with Crippen molar-refractivity contribution in [1.82, 2.24) is 0 Å². The molecular formula is C18H17N3O3. The number of aromatic carboxylic acids is 1. The molecule has 6 heteroatoms. The number of aryl methyl sites for hydroxylation is 1. The smallest absolute Gasteiger partial charge is 0.335 e. The molecule has 0 spiro atoms. The summed E-state index contributed by atoms with van der Waals surface area (Å²) in [5, 5.41) is 16.2. The van der Waals surface area contributed by atoms with Gasteiger partial charge in [0.1, 0.15) is 0 Å². The minimum absolute atomic E-state index is 0.0422. The van der Waals surface area contributed by atoms with E-state index in [9.17, 15) is 9.59 Å². The second kappa shape index (κ2) is 6.54. The standard InChI is InChI=1S/C18H17N3O3/c1-11(20-21-15-4-2-3-14(10-15)18(23)24)12-5-7-16-13(9-12)6-8-17(22)19-16/h2-5,7,9-10,21H,6,8H2,1H3,(H,19,22)(H,23,24)/b20-11+. The van der Waals surface area contributed by atoms with Crippen LogP contribution in [0.2, 0.25) is 0 Å². The Hall–Kier alpha value is -3.15. The van der Waals surface area contributed by atoms with Gasteiger partial charge < -0.3 is 10.4 Å². The molecule has 1 heterocycles. The second-order valence-corrected chi connectivity index (χ2v) is 5.62. The van der Waals surface area contributed by atoms with E-state index in [1.165, 1.54) is 12.1 Å². The summed E-state index contributed by atoms with van der Waals surface area (Å²) in [5.74, 6) is -0.934. The van der Waals surface area contributed by atoms with E-state index in [4.69, 9.17) is 5.11 Å². The minimum Gasteiger partial charge on any atom is -0.478 e. The van der Waals surface area contributed by atoms with Crippen LogP contribution in [0.3, 0.4) is 0 Å². The number of hydrogen-bond donors (Lipinski definition) is 3. The van der Waals surface area contributed by atoms with Crippen LogP contribution in [0, 0.1) is 0 Å². The van der Waals surface area contributed by atoms with Crippen LogP contribution >= 0.6 is 0 Å². The van der Waals surface area contributed by atoms with Crippen molar-refractivity contribution in [3.8, 4) is 0 Å². The number of fused-ring (bicyclic) bond motifs is 1. The van der Waals surface area contributed by atoms with Crippen molar-refractivity contribution in [2.24, 2.45) is 5.10 Å². The molecule has 0 unspecified atom stereocenters. The molecule has 0 radical (unpaired) electrons. The van der Waals surface area contributed by atoms with Crippen molar-refractivity contribution in [1.29, 1.82) is 0 Å². The van der Waals surface area contributed by atoms with Gasteiger partial charge in [-0.25, -0.2) is 4.79 Å². The van der Waals surface area contributed by atoms with Crippen molar-refractivity contribution in [2.75, 3.05) is 10.7 Å². The maximum atomic E-state index is 11.4. The van der Waals surface area contributed by atoms with Gasteiger partial charge in [-0.1, -0.05) is 12.1 Å². The average Bonchev–Trinajstić information content (AvgIpc) is 2.59. The van der Waals surface area contributed by atoms with Crippen LogP contribution < -0.4 is 10.7 Å². The van der Waals surface area contributed by atoms with Crippen molar-refractivity contribution in [2.45, 2.75) is 19.8 Å². The minimum atomic E-state index is -0.976. The molecule has 0 fully saturated rings. The van der Waals surface area contributed by atoms with Gasteiger partial charge in [-0.15, -0.1) is 0 Å². The van der Waals surface area contributed by atoms with Gasteiger partial charge in [0.25, 0.3) is 0 Å². The lowest BCUT2D eigenvalue weighted by Crippen LogP contribution is -2.19. The van der Waals surface area contributed by atoms with E-state index in [0.717, 1.165) is 28.9 Å². The fourth-order valence-corrected chi connectivity index (χ4v) is 2.54. The number of nitrogens with zero attached hydrogens (tertiary/aromatic N) is 1. The van der Waals surface area contributed by atoms with E-state index >= 15 is 0 Å². The normalized spacial score (nSPS) is 13.9. The fraction of sp³-hybridized carbons (Fsp3) is 0.167. The third-order valence-corrected chi connectivity index (χ3v) is 3.88. The number of anilines is 2. The summed E-state index contributed by atoms with van der Waals surface area (Å²) in [6, 6.07) is 12.3. The first-order valence-corrected chi connectivity index (χ1v) is 7.60. The lowest BCUT2D eigenvalue weighted by molar-refractivity contribution is -0.116. The Morgan fingerprint density at radius 1 is 1.17 bits per heavy atom. The zero-order valence-corrected chi connectivity index (χ0v) is 13.2. The van der Waals surface area contributed by atoms with Crippen LogP contribution in [0.4, 0.5) is 11.4 Å². The number of rotatable bonds is 4. The molecule has 122 valence electrons. The fourth-order valence-electron chi connectivity index (χ4n) is 2.54. The van der Waals surface area contributed by atoms with Crippen LogP contribution in [-0.2, 0) is 11.2 Å². The number of carboxylic acids is 1. The number of hydrogen-bond acceptors (Lipinski definition) is 4. The molecule has 2 aromatic rings. The molecule has 0 saturated carbocycles. The molecule has 6 nitrogen and oxygen atoms in total. The SMILES string of the molecule is C/C(=N\Nc1cccc(C(=O)O)c1)c1ccc2c(c1)CCC(=O)N2. The molecule has 0 atom stereocenters. The maximum absolute atomic E-state index is 11.4. The first-order valence-electron chi connectivity index (χ1n) is 7.60. The predicted octanol–water partition coefficient (Wildman–Crippen LogP) is 3.11. The highest BCUT2D eigenvalue weighted by Crippen LogP contribution is 2.24. The number of carbonyl (C=O) groups excluding carboxylic acids is 1. The molecule has 0 aliphatic carbocycles. The predicted molar refractivity (Wildman–Crippen MR) is 92.6 cm³/mol. The Morgan fingerprint density at radius 2 is 2.00 bits per heavy atom. The van der Waals surface area contributed by atoms with E-state index in [1.807, 2.05) is 25.1 Å². The van der Waals surface area contributed by atoms with E-state index in [0.29, 0.717) is 12.1 Å². The van der Waals surface area contributed by atoms with Gasteiger partial charge in [-0.3, -0.25) is 10.2 Å². The van der Waals surface area contributed by atoms with Crippen LogP contribution in [-0.4, -0.2) is 22.7 Å². The lowest BCUT2D eigenvalue weighted by atomic mass is 9.99. The van der Waals surface area contributed by atoms with Crippen LogP contribution in [0.15, 0.2) is 47.6 Å². The van der Waals surface area contributed by atoms with Crippen LogP contribution in [0.25, 0.3) is 0 Å². The molecule has 0 aromatic heterocycles. The van der Waals surface area contributed by atoms with Crippen molar-refractivity contribution in [3.63, 3.8) is 0 Å². The van der Waals surface area contributed by atoms with Crippen LogP contribution in [0.1, 0.15) is 34.8 Å². The van der Waals surface area contributed by atoms with E-state index in [1.54, 1.807) is 12.1 Å². The maximum Gasteiger partial charge on any atom is 0.335 e. The number of amides is 1. The molecule has 1 aliphatic rings. The highest BCUT2D eigenvalue weighted by Gasteiger charge is 2.15. The molecule has 3 N–H and O–H groups in total. The monoisotopic (exact) mass is 323 g/mol. The first kappa shape index (κ1) is 15.7. The summed E-state index contributed by atoms with van der Waals surface area (Å²) in [6.07, 6.45) is 1.21. The van der Waals surface area contributed by atoms with Gasteiger partial charge in [0.15, 0.2) is 0 Å². The molecule has 1 amide bonds. The van der Waals surface area contributed by atoms with E-state index < -0.39 is 5.97 Å². The number of benzene rings is 2. The van der Waals surface area contributed by atoms with Crippen molar-refractivity contribution < 1.29 is 14.7 Å². The Labute approximate surface area is 139 Å². The zero-order chi connectivity index (χ0) is 17.1. The zero-order valence-electron chi connectivity index (χ0n) is 13.2. The van der Waals surface area contributed by atoms with Crippen molar-refractivity contribution in [3.05, 3.63) is 59.2 Å². The molecule has 24 heavy (non-hydrogen) atoms. The summed E-state index contributed by atoms with van der Waals surface area (Å²) < 4.78 is 0. The summed E-state index contributed by atoms with van der Waals surface area (Å²) >= 11 is 0. The molecule has 0 bridgehead atoms. The number of hydrazone groups is 1. The van der Waals surface area contributed by atoms with Gasteiger partial charge in [0.05, 0.1) is 17.0 Å². The largest absolute Gasteiger partial charge is 0.478 e. The molecule has 3 rings (SSSR count). The lowest BCUT2D eigenvalue weighted by Gasteiger charge is -2.17. The molecular weight excluding hydrogens is 306 g/mol. The van der Waals surface area contributed by atoms with Gasteiger partial charge in [-0.05, 0) is 54.8 Å². The summed E-state index contributed by atoms with van der Waals surface area (Å²) in [5.41, 5.74) is 7.36. The third kappa shape index (κ3) is 3.43. The van der Waals surface area contributed by atoms with E-state index in [-0.39, 0.29) is 11.5 Å². The average molecular weight is 323 g/mol. The topological polar surface area (TPSA) is 90.8 Å². The first-order chi connectivity index (χ1) is 11.5. The highest BCUT2D eigenvalue weighted by molar-refractivity contribution is 6.01. The number of nitrogens with one attached hydrogen (secondary N) is 2. The van der Waals surface area contributed by atoms with Gasteiger partial charge in [-0.2, -0.15) is 5.10 Å². The molecule has 0 saturated heterocycles. The van der Waals surface area contributed by atoms with Gasteiger partial charge in [0, 0.05) is 12.1 Å². The van der Waals surface area contributed by atoms with Gasteiger partial charge in [0.2, 0.25) is 5.91 Å². The third-order valence-electron chi connectivity index (χ3n) is 3.88. The summed E-state index contributed by atoms with van der Waals surface area (Å²) in [7, 11) is 0. The van der Waals surface area contributed by atoms with E-state index in [2.05, 4.69) is 15.8 Å². The second-order valence-electron chi connectivity index (χ2n) is 5.62. The molecule has 1 aliphatic heterocycles. The quantitative estimate of drug-likeness (QED) is 0.595. The van der Waals surface area contributed by atoms with Crippen molar-refractivity contribution >= 4 is 29.0 Å². The summed E-state index contributed by atoms with van der Waals surface area (Å²) in [6.45, 7) is 1.87. The summed E-state index contributed by atoms with van der Waals surface area (Å²) in [4.78, 5) is 22.4. The number of carbonyl (C=O) groups is 2. The Bertz CT molecular complexity index is 843. The van der Waals surface area contributed by atoms with Crippen LogP contribution in [0.5, 0.6) is 0 Å². The Kier molecular flexibility index (Phi) is 4.29. The Balaban J connectivity index is 1.78. The van der Waals surface area contributed by atoms with Gasteiger partial charge >= 0.3 is 5.97 Å².